The van der Waals surface area contributed by atoms with Gasteiger partial charge in [0.2, 0.25) is 5.91 Å². The third kappa shape index (κ3) is 8.00. The Morgan fingerprint density at radius 3 is 2.25 bits per heavy atom. The number of nitrogens with zero attached hydrogens (tertiary/aromatic N) is 1. The van der Waals surface area contributed by atoms with Crippen LogP contribution in [-0.4, -0.2) is 49.2 Å². The second-order valence-electron chi connectivity index (χ2n) is 3.03. The second-order valence-corrected chi connectivity index (χ2v) is 3.03. The Kier molecular flexibility index (Phi) is 5.75. The molecule has 5 N–H and O–H groups in total. The van der Waals surface area contributed by atoms with E-state index in [1.807, 2.05) is 0 Å². The van der Waals surface area contributed by atoms with E-state index in [1.165, 1.54) is 0 Å². The van der Waals surface area contributed by atoms with Crippen molar-refractivity contribution in [2.24, 2.45) is 11.5 Å². The minimum absolute atomic E-state index is 0.0278. The van der Waals surface area contributed by atoms with Crippen LogP contribution >= 0.6 is 0 Å². The molecule has 94 valence electrons. The van der Waals surface area contributed by atoms with Crippen LogP contribution in [0.15, 0.2) is 0 Å². The minimum Gasteiger partial charge on any atom is -0.351 e. The highest BCUT2D eigenvalue weighted by atomic mass is 19.4. The summed E-state index contributed by atoms with van der Waals surface area (Å²) in [5.74, 6) is -0.898. The van der Waals surface area contributed by atoms with Crippen molar-refractivity contribution in [2.75, 3.05) is 26.2 Å². The Labute approximate surface area is 89.7 Å². The lowest BCUT2D eigenvalue weighted by atomic mass is 10.4. The summed E-state index contributed by atoms with van der Waals surface area (Å²) in [7, 11) is 0. The number of primary amides is 1. The summed E-state index contributed by atoms with van der Waals surface area (Å²) >= 11 is 0. The van der Waals surface area contributed by atoms with E-state index in [1.54, 1.807) is 5.32 Å². The number of hydrogen-bond acceptors (Lipinski definition) is 4. The first-order chi connectivity index (χ1) is 7.24. The Balaban J connectivity index is 4.22. The van der Waals surface area contributed by atoms with Crippen molar-refractivity contribution >= 4 is 11.9 Å². The Hall–Kier alpha value is -1.35. The van der Waals surface area contributed by atoms with Crippen LogP contribution in [0.3, 0.4) is 0 Å². The van der Waals surface area contributed by atoms with Crippen molar-refractivity contribution in [3.8, 4) is 0 Å². The van der Waals surface area contributed by atoms with Gasteiger partial charge in [0.1, 0.15) is 0 Å². The normalized spacial score (nSPS) is 11.6. The van der Waals surface area contributed by atoms with Gasteiger partial charge in [-0.15, -0.1) is 0 Å². The number of alkyl halides is 3. The van der Waals surface area contributed by atoms with Crippen LogP contribution < -0.4 is 16.8 Å². The zero-order chi connectivity index (χ0) is 12.8. The maximum absolute atomic E-state index is 12.0. The van der Waals surface area contributed by atoms with Crippen LogP contribution in [0.2, 0.25) is 0 Å². The largest absolute Gasteiger partial charge is 0.401 e. The molecule has 9 heteroatoms. The van der Waals surface area contributed by atoms with E-state index < -0.39 is 31.2 Å². The highest BCUT2D eigenvalue weighted by Gasteiger charge is 2.31. The molecule has 0 atom stereocenters. The summed E-state index contributed by atoms with van der Waals surface area (Å²) in [5, 5.41) is 1.67. The summed E-state index contributed by atoms with van der Waals surface area (Å²) < 4.78 is 36.1. The van der Waals surface area contributed by atoms with E-state index in [-0.39, 0.29) is 13.1 Å². The molecular formula is C7H13F3N4O2. The fourth-order valence-corrected chi connectivity index (χ4v) is 1.03. The molecular weight excluding hydrogens is 229 g/mol. The molecule has 0 aliphatic carbocycles. The van der Waals surface area contributed by atoms with E-state index in [0.717, 1.165) is 4.90 Å². The van der Waals surface area contributed by atoms with Gasteiger partial charge in [0.15, 0.2) is 0 Å². The molecule has 0 saturated carbocycles. The van der Waals surface area contributed by atoms with Crippen molar-refractivity contribution in [3.05, 3.63) is 0 Å². The molecule has 0 aliphatic rings. The molecule has 0 heterocycles. The molecule has 0 aromatic rings. The van der Waals surface area contributed by atoms with Crippen molar-refractivity contribution in [1.29, 1.82) is 0 Å². The number of imide groups is 1. The molecule has 0 bridgehead atoms. The Bertz CT molecular complexity index is 257. The smallest absolute Gasteiger partial charge is 0.351 e. The highest BCUT2D eigenvalue weighted by Crippen LogP contribution is 2.15. The molecule has 16 heavy (non-hydrogen) atoms. The van der Waals surface area contributed by atoms with E-state index in [4.69, 9.17) is 5.73 Å². The summed E-state index contributed by atoms with van der Waals surface area (Å²) in [6.07, 6.45) is -4.43. The van der Waals surface area contributed by atoms with Gasteiger partial charge >= 0.3 is 12.2 Å². The van der Waals surface area contributed by atoms with Gasteiger partial charge in [-0.05, 0) is 0 Å². The number of amides is 3. The zero-order valence-corrected chi connectivity index (χ0v) is 8.38. The number of carbonyl (C=O) groups is 2. The zero-order valence-electron chi connectivity index (χ0n) is 8.38. The van der Waals surface area contributed by atoms with Gasteiger partial charge < -0.3 is 11.5 Å². The standard InChI is InChI=1S/C7H13F3N4O2/c8-7(9,10)4-14(2-1-11)3-5(15)13-6(12)16/h1-4,11H2,(H3,12,13,15,16). The predicted octanol–water partition coefficient (Wildman–Crippen LogP) is -0.996. The topological polar surface area (TPSA) is 101 Å². The number of nitrogens with two attached hydrogens (primary N) is 2. The summed E-state index contributed by atoms with van der Waals surface area (Å²) in [6.45, 7) is -1.98. The number of carbonyl (C=O) groups excluding carboxylic acids is 2. The average Bonchev–Trinajstić information content (AvgIpc) is 1.98. The SMILES string of the molecule is NCCN(CC(=O)NC(N)=O)CC(F)(F)F. The van der Waals surface area contributed by atoms with E-state index >= 15 is 0 Å². The molecule has 0 saturated heterocycles. The van der Waals surface area contributed by atoms with E-state index in [0.29, 0.717) is 0 Å². The molecule has 0 spiro atoms. The van der Waals surface area contributed by atoms with Crippen molar-refractivity contribution in [3.63, 3.8) is 0 Å². The molecule has 0 rings (SSSR count). The first-order valence-electron chi connectivity index (χ1n) is 4.33. The monoisotopic (exact) mass is 242 g/mol. The second kappa shape index (κ2) is 6.28. The Morgan fingerprint density at radius 1 is 1.31 bits per heavy atom. The van der Waals surface area contributed by atoms with Gasteiger partial charge in [0.25, 0.3) is 0 Å². The van der Waals surface area contributed by atoms with Crippen molar-refractivity contribution in [1.82, 2.24) is 10.2 Å². The van der Waals surface area contributed by atoms with Crippen LogP contribution in [0.5, 0.6) is 0 Å². The fourth-order valence-electron chi connectivity index (χ4n) is 1.03. The van der Waals surface area contributed by atoms with Gasteiger partial charge in [0.05, 0.1) is 13.1 Å². The number of nitrogens with one attached hydrogen (secondary N) is 1. The lowest BCUT2D eigenvalue weighted by molar-refractivity contribution is -0.148. The fraction of sp³-hybridized carbons (Fsp3) is 0.714. The van der Waals surface area contributed by atoms with Gasteiger partial charge in [-0.25, -0.2) is 4.79 Å². The van der Waals surface area contributed by atoms with Crippen LogP contribution in [0.4, 0.5) is 18.0 Å². The molecule has 0 unspecified atom stereocenters. The van der Waals surface area contributed by atoms with E-state index in [2.05, 4.69) is 5.73 Å². The number of urea groups is 1. The van der Waals surface area contributed by atoms with Crippen LogP contribution in [0.25, 0.3) is 0 Å². The lowest BCUT2D eigenvalue weighted by Gasteiger charge is -2.21. The quantitative estimate of drug-likeness (QED) is 0.575. The number of rotatable bonds is 5. The lowest BCUT2D eigenvalue weighted by Crippen LogP contribution is -2.46. The van der Waals surface area contributed by atoms with Gasteiger partial charge in [-0.1, -0.05) is 0 Å². The molecule has 0 aliphatic heterocycles. The summed E-state index contributed by atoms with van der Waals surface area (Å²) in [4.78, 5) is 22.0. The molecule has 3 amide bonds. The van der Waals surface area contributed by atoms with E-state index in [9.17, 15) is 22.8 Å². The van der Waals surface area contributed by atoms with Crippen LogP contribution in [-0.2, 0) is 4.79 Å². The number of hydrogen-bond donors (Lipinski definition) is 3. The van der Waals surface area contributed by atoms with Gasteiger partial charge in [-0.3, -0.25) is 15.0 Å². The molecule has 0 aromatic carbocycles. The third-order valence-electron chi connectivity index (χ3n) is 1.48. The predicted molar refractivity (Wildman–Crippen MR) is 49.3 cm³/mol. The highest BCUT2D eigenvalue weighted by molar-refractivity contribution is 5.94. The molecule has 0 aromatic heterocycles. The maximum atomic E-state index is 12.0. The summed E-state index contributed by atoms with van der Waals surface area (Å²) in [5.41, 5.74) is 9.73. The van der Waals surface area contributed by atoms with Crippen LogP contribution in [0.1, 0.15) is 0 Å². The van der Waals surface area contributed by atoms with Gasteiger partial charge in [0, 0.05) is 13.1 Å². The summed E-state index contributed by atoms with van der Waals surface area (Å²) in [6, 6.07) is -1.11. The first-order valence-corrected chi connectivity index (χ1v) is 4.33. The molecule has 0 fully saturated rings. The minimum atomic E-state index is -4.43. The van der Waals surface area contributed by atoms with Crippen LogP contribution in [0, 0.1) is 0 Å². The Morgan fingerprint density at radius 2 is 1.88 bits per heavy atom. The van der Waals surface area contributed by atoms with Gasteiger partial charge in [-0.2, -0.15) is 13.2 Å². The average molecular weight is 242 g/mol. The maximum Gasteiger partial charge on any atom is 0.401 e. The van der Waals surface area contributed by atoms with Crippen molar-refractivity contribution in [2.45, 2.75) is 6.18 Å². The number of halogens is 3. The third-order valence-corrected chi connectivity index (χ3v) is 1.48. The molecule has 0 radical (unpaired) electrons. The van der Waals surface area contributed by atoms with Crippen molar-refractivity contribution < 1.29 is 22.8 Å². The first kappa shape index (κ1) is 14.6. The molecule has 6 nitrogen and oxygen atoms in total.